The van der Waals surface area contributed by atoms with Crippen molar-refractivity contribution >= 4 is 11.7 Å². The van der Waals surface area contributed by atoms with Gasteiger partial charge in [-0.05, 0) is 49.4 Å². The summed E-state index contributed by atoms with van der Waals surface area (Å²) in [5.74, 6) is 1.25. The number of rotatable bonds is 7. The van der Waals surface area contributed by atoms with Crippen LogP contribution in [0.3, 0.4) is 0 Å². The zero-order valence-corrected chi connectivity index (χ0v) is 19.6. The molecule has 3 aliphatic rings. The number of aliphatic hydroxyl groups excluding tert-OH is 2. The first-order valence-electron chi connectivity index (χ1n) is 11.8. The lowest BCUT2D eigenvalue weighted by molar-refractivity contribution is -0.130. The Kier molecular flexibility index (Phi) is 6.19. The van der Waals surface area contributed by atoms with Crippen molar-refractivity contribution in [1.29, 1.82) is 5.26 Å². The molecule has 1 fully saturated rings. The van der Waals surface area contributed by atoms with Crippen LogP contribution in [-0.2, 0) is 16.1 Å². The third-order valence-corrected chi connectivity index (χ3v) is 6.70. The summed E-state index contributed by atoms with van der Waals surface area (Å²) in [5.41, 5.74) is 7.16. The van der Waals surface area contributed by atoms with E-state index in [2.05, 4.69) is 11.5 Å². The minimum absolute atomic E-state index is 0.00136. The van der Waals surface area contributed by atoms with Crippen LogP contribution in [0.25, 0.3) is 0 Å². The van der Waals surface area contributed by atoms with Gasteiger partial charge in [-0.15, -0.1) is 0 Å². The van der Waals surface area contributed by atoms with Crippen LogP contribution in [0.2, 0.25) is 0 Å². The average molecular weight is 477 g/mol. The largest absolute Gasteiger partial charge is 0.490 e. The number of aliphatic imine (C=N–C) groups is 1. The first-order chi connectivity index (χ1) is 16.9. The number of nitrogens with zero attached hydrogens (tertiary/aromatic N) is 3. The monoisotopic (exact) mass is 476 g/mol. The molecule has 9 heteroatoms. The number of carbonyl (C=O) groups excluding carboxylic acids is 1. The maximum absolute atomic E-state index is 12.6. The quantitative estimate of drug-likeness (QED) is 0.559. The molecule has 5 rings (SSSR count). The van der Waals surface area contributed by atoms with Gasteiger partial charge in [0, 0.05) is 24.1 Å². The number of β-amino-alcohol motifs (C(OH)–C–C–N with tert-alkyl or cyclic N) is 1. The SMILES string of the molecule is CC(C)Oc1ccc(C2N=C(c3cccc4c3CC3CC(=O)N(CC(O)CO)C43)NO2)cc1C#N. The van der Waals surface area contributed by atoms with E-state index in [0.29, 0.717) is 23.6 Å². The number of benzene rings is 2. The highest BCUT2D eigenvalue weighted by molar-refractivity contribution is 6.01. The maximum Gasteiger partial charge on any atom is 0.223 e. The van der Waals surface area contributed by atoms with Crippen LogP contribution in [0.15, 0.2) is 41.4 Å². The van der Waals surface area contributed by atoms with Gasteiger partial charge in [0.1, 0.15) is 11.8 Å². The van der Waals surface area contributed by atoms with E-state index in [4.69, 9.17) is 14.6 Å². The molecule has 4 unspecified atom stereocenters. The van der Waals surface area contributed by atoms with Crippen molar-refractivity contribution in [1.82, 2.24) is 10.4 Å². The predicted molar refractivity (Wildman–Crippen MR) is 126 cm³/mol. The summed E-state index contributed by atoms with van der Waals surface area (Å²) >= 11 is 0. The predicted octanol–water partition coefficient (Wildman–Crippen LogP) is 2.12. The number of fused-ring (bicyclic) bond motifs is 3. The number of carbonyl (C=O) groups is 1. The van der Waals surface area contributed by atoms with Crippen molar-refractivity contribution in [2.24, 2.45) is 10.9 Å². The number of amides is 1. The molecule has 0 saturated carbocycles. The molecule has 182 valence electrons. The zero-order chi connectivity index (χ0) is 24.7. The summed E-state index contributed by atoms with van der Waals surface area (Å²) in [7, 11) is 0. The lowest BCUT2D eigenvalue weighted by Gasteiger charge is -2.27. The number of ether oxygens (including phenoxy) is 1. The lowest BCUT2D eigenvalue weighted by atomic mass is 10.0. The van der Waals surface area contributed by atoms with E-state index in [9.17, 15) is 20.3 Å². The average Bonchev–Trinajstić information content (AvgIpc) is 3.54. The molecule has 0 spiro atoms. The van der Waals surface area contributed by atoms with Gasteiger partial charge in [0.05, 0.1) is 30.4 Å². The summed E-state index contributed by atoms with van der Waals surface area (Å²) < 4.78 is 5.71. The van der Waals surface area contributed by atoms with Gasteiger partial charge in [0.15, 0.2) is 5.84 Å². The van der Waals surface area contributed by atoms with E-state index in [0.717, 1.165) is 28.7 Å². The molecular formula is C26H28N4O5. The fourth-order valence-electron chi connectivity index (χ4n) is 5.26. The van der Waals surface area contributed by atoms with Gasteiger partial charge in [-0.3, -0.25) is 4.79 Å². The Balaban J connectivity index is 1.42. The topological polar surface area (TPSA) is 127 Å². The molecule has 0 aromatic heterocycles. The molecule has 9 nitrogen and oxygen atoms in total. The van der Waals surface area contributed by atoms with E-state index in [1.165, 1.54) is 0 Å². The van der Waals surface area contributed by atoms with Crippen LogP contribution >= 0.6 is 0 Å². The Labute approximate surface area is 203 Å². The Hall–Kier alpha value is -3.45. The Morgan fingerprint density at radius 2 is 2.14 bits per heavy atom. The van der Waals surface area contributed by atoms with E-state index < -0.39 is 12.3 Å². The van der Waals surface area contributed by atoms with Gasteiger partial charge in [-0.1, -0.05) is 24.3 Å². The number of aliphatic hydroxyl groups is 2. The highest BCUT2D eigenvalue weighted by Gasteiger charge is 2.47. The second-order valence-electron chi connectivity index (χ2n) is 9.45. The van der Waals surface area contributed by atoms with Crippen molar-refractivity contribution in [2.75, 3.05) is 13.2 Å². The molecule has 1 saturated heterocycles. The highest BCUT2D eigenvalue weighted by Crippen LogP contribution is 2.48. The summed E-state index contributed by atoms with van der Waals surface area (Å²) in [6, 6.07) is 13.3. The number of hydroxylamine groups is 1. The summed E-state index contributed by atoms with van der Waals surface area (Å²) in [5, 5.41) is 28.8. The molecule has 2 aromatic rings. The molecule has 1 amide bonds. The van der Waals surface area contributed by atoms with Crippen LogP contribution in [0.5, 0.6) is 5.75 Å². The number of amidine groups is 1. The van der Waals surface area contributed by atoms with Crippen molar-refractivity contribution in [3.63, 3.8) is 0 Å². The first kappa shape index (κ1) is 23.3. The second kappa shape index (κ2) is 9.30. The van der Waals surface area contributed by atoms with Crippen molar-refractivity contribution < 1.29 is 24.6 Å². The second-order valence-corrected chi connectivity index (χ2v) is 9.45. The molecule has 2 aromatic carbocycles. The fourth-order valence-corrected chi connectivity index (χ4v) is 5.26. The lowest BCUT2D eigenvalue weighted by Crippen LogP contribution is -2.37. The van der Waals surface area contributed by atoms with Gasteiger partial charge in [-0.2, -0.15) is 5.26 Å². The smallest absolute Gasteiger partial charge is 0.223 e. The van der Waals surface area contributed by atoms with Crippen LogP contribution in [0.4, 0.5) is 0 Å². The molecule has 4 atom stereocenters. The number of likely N-dealkylation sites (tertiary alicyclic amines) is 1. The molecule has 3 N–H and O–H groups in total. The van der Waals surface area contributed by atoms with Gasteiger partial charge < -0.3 is 19.8 Å². The van der Waals surface area contributed by atoms with E-state index in [-0.39, 0.29) is 37.1 Å². The summed E-state index contributed by atoms with van der Waals surface area (Å²) in [6.45, 7) is 3.55. The third-order valence-electron chi connectivity index (χ3n) is 6.70. The van der Waals surface area contributed by atoms with Crippen LogP contribution in [0, 0.1) is 17.2 Å². The van der Waals surface area contributed by atoms with E-state index in [1.54, 1.807) is 17.0 Å². The maximum atomic E-state index is 12.6. The van der Waals surface area contributed by atoms with Crippen molar-refractivity contribution in [2.45, 2.75) is 51.2 Å². The zero-order valence-electron chi connectivity index (χ0n) is 19.6. The molecule has 2 heterocycles. The normalized spacial score (nSPS) is 23.5. The standard InChI is InChI=1S/C26H28N4O5/c1-14(2)34-22-7-6-15(8-17(22)11-27)26-28-25(29-35-26)20-5-3-4-19-21(20)9-16-10-23(33)30(24(16)19)12-18(32)13-31/h3-8,14,16,18,24,26,31-32H,9-10,12-13H2,1-2H3,(H,28,29). The highest BCUT2D eigenvalue weighted by atomic mass is 16.7. The van der Waals surface area contributed by atoms with Gasteiger partial charge in [0.2, 0.25) is 12.1 Å². The Morgan fingerprint density at radius 3 is 2.89 bits per heavy atom. The van der Waals surface area contributed by atoms with Crippen LogP contribution in [-0.4, -0.2) is 52.2 Å². The fraction of sp³-hybridized carbons (Fsp3) is 0.423. The van der Waals surface area contributed by atoms with Crippen LogP contribution < -0.4 is 10.2 Å². The Morgan fingerprint density at radius 1 is 1.31 bits per heavy atom. The minimum atomic E-state index is -0.962. The molecular weight excluding hydrogens is 448 g/mol. The van der Waals surface area contributed by atoms with Gasteiger partial charge >= 0.3 is 0 Å². The van der Waals surface area contributed by atoms with Gasteiger partial charge in [0.25, 0.3) is 0 Å². The summed E-state index contributed by atoms with van der Waals surface area (Å²) in [6.07, 6.45) is -0.480. The first-order valence-corrected chi connectivity index (χ1v) is 11.8. The number of hydrogen-bond acceptors (Lipinski definition) is 8. The molecule has 0 radical (unpaired) electrons. The Bertz CT molecular complexity index is 1220. The number of hydrogen-bond donors (Lipinski definition) is 3. The molecule has 2 aliphatic heterocycles. The van der Waals surface area contributed by atoms with Crippen molar-refractivity contribution in [3.05, 3.63) is 64.2 Å². The molecule has 35 heavy (non-hydrogen) atoms. The number of nitriles is 1. The molecule has 1 aliphatic carbocycles. The molecule has 0 bridgehead atoms. The summed E-state index contributed by atoms with van der Waals surface area (Å²) in [4.78, 5) is 24.8. The number of nitrogens with one attached hydrogen (secondary N) is 1. The van der Waals surface area contributed by atoms with Gasteiger partial charge in [-0.25, -0.2) is 15.3 Å². The van der Waals surface area contributed by atoms with E-state index >= 15 is 0 Å². The third kappa shape index (κ3) is 4.25. The van der Waals surface area contributed by atoms with Crippen molar-refractivity contribution in [3.8, 4) is 11.8 Å². The van der Waals surface area contributed by atoms with Crippen LogP contribution in [0.1, 0.15) is 60.4 Å². The van der Waals surface area contributed by atoms with E-state index in [1.807, 2.05) is 38.1 Å². The minimum Gasteiger partial charge on any atom is -0.490 e.